The van der Waals surface area contributed by atoms with Crippen LogP contribution in [-0.4, -0.2) is 55.6 Å². The average Bonchev–Trinajstić information content (AvgIpc) is 3.28. The van der Waals surface area contributed by atoms with E-state index in [4.69, 9.17) is 0 Å². The Hall–Kier alpha value is -1.14. The Morgan fingerprint density at radius 1 is 1.14 bits per heavy atom. The fraction of sp³-hybridized carbons (Fsp3) is 0.867. The summed E-state index contributed by atoms with van der Waals surface area (Å²) < 4.78 is 0. The van der Waals surface area contributed by atoms with Crippen molar-refractivity contribution in [2.24, 2.45) is 5.92 Å². The molecule has 2 rings (SSSR count). The van der Waals surface area contributed by atoms with Crippen molar-refractivity contribution in [2.45, 2.75) is 45.1 Å². The lowest BCUT2D eigenvalue weighted by atomic mass is 10.0. The second kappa shape index (κ2) is 8.34. The van der Waals surface area contributed by atoms with Crippen LogP contribution >= 0.6 is 0 Å². The highest BCUT2D eigenvalue weighted by atomic mass is 16.2. The predicted octanol–water partition coefficient (Wildman–Crippen LogP) is 0.686. The molecule has 1 aliphatic heterocycles. The van der Waals surface area contributed by atoms with Crippen LogP contribution in [0.15, 0.2) is 0 Å². The molecule has 0 radical (unpaired) electrons. The van der Waals surface area contributed by atoms with Gasteiger partial charge in [0.25, 0.3) is 0 Å². The van der Waals surface area contributed by atoms with Gasteiger partial charge in [0.1, 0.15) is 0 Å². The van der Waals surface area contributed by atoms with Gasteiger partial charge in [-0.1, -0.05) is 6.92 Å². The summed E-state index contributed by atoms with van der Waals surface area (Å²) in [4.78, 5) is 25.3. The van der Waals surface area contributed by atoms with Crippen LogP contribution in [0.1, 0.15) is 39.0 Å². The molecule has 3 N–H and O–H groups in total. The fourth-order valence-corrected chi connectivity index (χ4v) is 2.60. The molecule has 0 aromatic heterocycles. The minimum atomic E-state index is -0.386. The second-order valence-electron chi connectivity index (χ2n) is 6.21. The van der Waals surface area contributed by atoms with Gasteiger partial charge < -0.3 is 10.6 Å². The van der Waals surface area contributed by atoms with Crippen LogP contribution in [0.4, 0.5) is 4.79 Å². The summed E-state index contributed by atoms with van der Waals surface area (Å²) >= 11 is 0. The van der Waals surface area contributed by atoms with Crippen LogP contribution in [0.3, 0.4) is 0 Å². The molecule has 2 aliphatic rings. The molecule has 1 aliphatic carbocycles. The van der Waals surface area contributed by atoms with E-state index in [2.05, 4.69) is 20.9 Å². The Bertz CT molecular complexity index is 350. The molecule has 6 nitrogen and oxygen atoms in total. The van der Waals surface area contributed by atoms with Gasteiger partial charge >= 0.3 is 6.03 Å². The summed E-state index contributed by atoms with van der Waals surface area (Å²) in [5, 5.41) is 8.64. The molecule has 0 bridgehead atoms. The van der Waals surface area contributed by atoms with Gasteiger partial charge in [0.15, 0.2) is 0 Å². The lowest BCUT2D eigenvalue weighted by Gasteiger charge is -2.31. The number of piperidine rings is 1. The third kappa shape index (κ3) is 6.44. The zero-order valence-electron chi connectivity index (χ0n) is 13.0. The Balaban J connectivity index is 1.56. The zero-order chi connectivity index (χ0) is 15.1. The third-order valence-electron chi connectivity index (χ3n) is 4.14. The van der Waals surface area contributed by atoms with Crippen LogP contribution in [-0.2, 0) is 4.79 Å². The number of hydrogen-bond acceptors (Lipinski definition) is 4. The molecule has 0 aromatic carbocycles. The van der Waals surface area contributed by atoms with Crippen molar-refractivity contribution in [3.8, 4) is 0 Å². The summed E-state index contributed by atoms with van der Waals surface area (Å²) in [6.45, 7) is 5.89. The topological polar surface area (TPSA) is 73.5 Å². The van der Waals surface area contributed by atoms with Crippen LogP contribution in [0.5, 0.6) is 0 Å². The van der Waals surface area contributed by atoms with E-state index >= 15 is 0 Å². The first-order chi connectivity index (χ1) is 10.2. The fourth-order valence-electron chi connectivity index (χ4n) is 2.60. The van der Waals surface area contributed by atoms with Crippen molar-refractivity contribution in [2.75, 3.05) is 32.7 Å². The number of likely N-dealkylation sites (tertiary alicyclic amines) is 1. The van der Waals surface area contributed by atoms with E-state index in [0.717, 1.165) is 44.8 Å². The molecule has 1 saturated heterocycles. The lowest BCUT2D eigenvalue weighted by Crippen LogP contribution is -2.48. The van der Waals surface area contributed by atoms with Crippen molar-refractivity contribution in [3.63, 3.8) is 0 Å². The van der Waals surface area contributed by atoms with Gasteiger partial charge in [0.2, 0.25) is 5.91 Å². The Morgan fingerprint density at radius 3 is 2.48 bits per heavy atom. The van der Waals surface area contributed by atoms with E-state index < -0.39 is 0 Å². The second-order valence-corrected chi connectivity index (χ2v) is 6.21. The molecule has 1 saturated carbocycles. The van der Waals surface area contributed by atoms with Crippen molar-refractivity contribution in [1.29, 1.82) is 0 Å². The van der Waals surface area contributed by atoms with Crippen molar-refractivity contribution in [1.82, 2.24) is 20.9 Å². The zero-order valence-corrected chi connectivity index (χ0v) is 13.0. The first kappa shape index (κ1) is 16.2. The molecule has 0 unspecified atom stereocenters. The number of hydrogen-bond donors (Lipinski definition) is 3. The van der Waals surface area contributed by atoms with Gasteiger partial charge in [0.05, 0.1) is 6.54 Å². The molecular weight excluding hydrogens is 268 g/mol. The minimum absolute atomic E-state index is 0.215. The van der Waals surface area contributed by atoms with Crippen molar-refractivity contribution < 1.29 is 9.59 Å². The predicted molar refractivity (Wildman–Crippen MR) is 82.0 cm³/mol. The van der Waals surface area contributed by atoms with E-state index in [9.17, 15) is 9.59 Å². The van der Waals surface area contributed by atoms with Crippen LogP contribution < -0.4 is 16.0 Å². The standard InChI is InChI=1S/C15H28N4O2/c1-2-7-16-15(21)18-14(20)11-19-8-5-13(6-9-19)17-10-12-3-4-12/h12-13,17H,2-11H2,1H3,(H2,16,18,20,21). The van der Waals surface area contributed by atoms with E-state index in [-0.39, 0.29) is 11.9 Å². The summed E-state index contributed by atoms with van der Waals surface area (Å²) in [5.41, 5.74) is 0. The van der Waals surface area contributed by atoms with E-state index in [1.54, 1.807) is 0 Å². The van der Waals surface area contributed by atoms with Gasteiger partial charge in [-0.2, -0.15) is 0 Å². The maximum atomic E-state index is 11.8. The van der Waals surface area contributed by atoms with Crippen LogP contribution in [0, 0.1) is 5.92 Å². The molecule has 0 spiro atoms. The highest BCUT2D eigenvalue weighted by Gasteiger charge is 2.25. The lowest BCUT2D eigenvalue weighted by molar-refractivity contribution is -0.121. The molecule has 3 amide bonds. The summed E-state index contributed by atoms with van der Waals surface area (Å²) in [6, 6.07) is 0.209. The largest absolute Gasteiger partial charge is 0.338 e. The number of nitrogens with zero attached hydrogens (tertiary/aromatic N) is 1. The van der Waals surface area contributed by atoms with E-state index in [0.29, 0.717) is 19.1 Å². The molecule has 120 valence electrons. The normalized spacial score (nSPS) is 20.2. The quantitative estimate of drug-likeness (QED) is 0.646. The third-order valence-corrected chi connectivity index (χ3v) is 4.14. The van der Waals surface area contributed by atoms with E-state index in [1.165, 1.54) is 12.8 Å². The molecule has 0 aromatic rings. The molecule has 6 heteroatoms. The molecule has 2 fully saturated rings. The van der Waals surface area contributed by atoms with Crippen LogP contribution in [0.25, 0.3) is 0 Å². The summed E-state index contributed by atoms with van der Waals surface area (Å²) in [7, 11) is 0. The van der Waals surface area contributed by atoms with Gasteiger partial charge in [-0.05, 0) is 44.6 Å². The summed E-state index contributed by atoms with van der Waals surface area (Å²) in [5.74, 6) is 0.698. The maximum Gasteiger partial charge on any atom is 0.321 e. The first-order valence-corrected chi connectivity index (χ1v) is 8.20. The molecular formula is C15H28N4O2. The van der Waals surface area contributed by atoms with Crippen LogP contribution in [0.2, 0.25) is 0 Å². The summed E-state index contributed by atoms with van der Waals surface area (Å²) in [6.07, 6.45) is 5.80. The monoisotopic (exact) mass is 296 g/mol. The van der Waals surface area contributed by atoms with Crippen molar-refractivity contribution >= 4 is 11.9 Å². The van der Waals surface area contributed by atoms with Gasteiger partial charge in [-0.3, -0.25) is 15.0 Å². The Kier molecular flexibility index (Phi) is 6.45. The average molecular weight is 296 g/mol. The highest BCUT2D eigenvalue weighted by molar-refractivity contribution is 5.95. The number of carbonyl (C=O) groups excluding carboxylic acids is 2. The Morgan fingerprint density at radius 2 is 1.86 bits per heavy atom. The minimum Gasteiger partial charge on any atom is -0.338 e. The Labute approximate surface area is 127 Å². The smallest absolute Gasteiger partial charge is 0.321 e. The number of rotatable bonds is 7. The number of urea groups is 1. The number of imide groups is 1. The van der Waals surface area contributed by atoms with Gasteiger partial charge in [-0.15, -0.1) is 0 Å². The number of amides is 3. The van der Waals surface area contributed by atoms with Gasteiger partial charge in [-0.25, -0.2) is 4.79 Å². The molecule has 0 atom stereocenters. The van der Waals surface area contributed by atoms with Crippen molar-refractivity contribution in [3.05, 3.63) is 0 Å². The maximum absolute atomic E-state index is 11.8. The first-order valence-electron chi connectivity index (χ1n) is 8.20. The highest BCUT2D eigenvalue weighted by Crippen LogP contribution is 2.28. The number of nitrogens with one attached hydrogen (secondary N) is 3. The SMILES string of the molecule is CCCNC(=O)NC(=O)CN1CCC(NCC2CC2)CC1. The number of carbonyl (C=O) groups is 2. The molecule has 21 heavy (non-hydrogen) atoms. The van der Waals surface area contributed by atoms with Gasteiger partial charge in [0, 0.05) is 25.7 Å². The van der Waals surface area contributed by atoms with E-state index in [1.807, 2.05) is 6.92 Å². The molecule has 1 heterocycles.